The summed E-state index contributed by atoms with van der Waals surface area (Å²) < 4.78 is 0. The molecule has 0 atom stereocenters. The molecule has 1 aliphatic heterocycles. The fourth-order valence-electron chi connectivity index (χ4n) is 3.35. The summed E-state index contributed by atoms with van der Waals surface area (Å²) in [6.07, 6.45) is 0. The van der Waals surface area contributed by atoms with Gasteiger partial charge in [-0.05, 0) is 36.6 Å². The Bertz CT molecular complexity index is 1040. The zero-order valence-corrected chi connectivity index (χ0v) is 18.8. The Morgan fingerprint density at radius 3 is 2.63 bits per heavy atom. The second-order valence-corrected chi connectivity index (χ2v) is 9.47. The van der Waals surface area contributed by atoms with Crippen molar-refractivity contribution in [3.05, 3.63) is 67.3 Å². The zero-order chi connectivity index (χ0) is 21.1. The van der Waals surface area contributed by atoms with Crippen LogP contribution in [0.15, 0.2) is 41.1 Å². The number of carbonyl (C=O) groups is 2. The molecule has 4 rings (SSSR count). The van der Waals surface area contributed by atoms with Crippen LogP contribution in [0.5, 0.6) is 0 Å². The van der Waals surface area contributed by atoms with Crippen LogP contribution in [-0.4, -0.2) is 52.8 Å². The van der Waals surface area contributed by atoms with E-state index >= 15 is 0 Å². The predicted molar refractivity (Wildman–Crippen MR) is 122 cm³/mol. The molecule has 30 heavy (non-hydrogen) atoms. The van der Waals surface area contributed by atoms with Crippen LogP contribution in [0, 0.1) is 6.92 Å². The van der Waals surface area contributed by atoms with E-state index in [2.05, 4.69) is 20.6 Å². The summed E-state index contributed by atoms with van der Waals surface area (Å²) in [6.45, 7) is 5.74. The van der Waals surface area contributed by atoms with Gasteiger partial charge in [0, 0.05) is 43.7 Å². The molecule has 1 saturated heterocycles. The number of aromatic nitrogens is 1. The smallest absolute Gasteiger partial charge is 0.265 e. The number of hydrogen-bond acceptors (Lipinski definition) is 6. The van der Waals surface area contributed by atoms with Gasteiger partial charge >= 0.3 is 0 Å². The number of thiophene rings is 1. The topological polar surface area (TPSA) is 65.5 Å². The van der Waals surface area contributed by atoms with Gasteiger partial charge in [-0.25, -0.2) is 4.98 Å². The third-order valence-electron chi connectivity index (χ3n) is 4.92. The lowest BCUT2D eigenvalue weighted by molar-refractivity contribution is 0.0627. The third-order valence-corrected chi connectivity index (χ3v) is 6.94. The average molecular weight is 461 g/mol. The van der Waals surface area contributed by atoms with Crippen LogP contribution < -0.4 is 5.32 Å². The molecular formula is C21H21ClN4O2S2. The van der Waals surface area contributed by atoms with Gasteiger partial charge in [-0.15, -0.1) is 22.7 Å². The van der Waals surface area contributed by atoms with Gasteiger partial charge in [0.1, 0.15) is 0 Å². The lowest BCUT2D eigenvalue weighted by Gasteiger charge is -2.34. The highest BCUT2D eigenvalue weighted by Crippen LogP contribution is 2.25. The van der Waals surface area contributed by atoms with Crippen LogP contribution in [0.25, 0.3) is 0 Å². The first-order chi connectivity index (χ1) is 14.5. The highest BCUT2D eigenvalue weighted by atomic mass is 35.5. The maximum absolute atomic E-state index is 13.0. The van der Waals surface area contributed by atoms with Crippen LogP contribution in [-0.2, 0) is 6.54 Å². The van der Waals surface area contributed by atoms with Gasteiger partial charge in [-0.3, -0.25) is 14.5 Å². The maximum atomic E-state index is 13.0. The van der Waals surface area contributed by atoms with Gasteiger partial charge in [0.05, 0.1) is 26.3 Å². The second kappa shape index (κ2) is 9.26. The van der Waals surface area contributed by atoms with E-state index in [1.165, 1.54) is 11.3 Å². The Labute approximate surface area is 188 Å². The number of rotatable bonds is 5. The molecule has 0 unspecified atom stereocenters. The van der Waals surface area contributed by atoms with E-state index in [1.54, 1.807) is 35.6 Å². The van der Waals surface area contributed by atoms with E-state index in [0.717, 1.165) is 30.3 Å². The molecular weight excluding hydrogens is 440 g/mol. The molecule has 3 heterocycles. The van der Waals surface area contributed by atoms with Crippen LogP contribution in [0.2, 0.25) is 5.02 Å². The Morgan fingerprint density at radius 2 is 1.97 bits per heavy atom. The van der Waals surface area contributed by atoms with Crippen molar-refractivity contribution in [2.24, 2.45) is 0 Å². The van der Waals surface area contributed by atoms with Crippen LogP contribution in [0.3, 0.4) is 0 Å². The first-order valence-corrected chi connectivity index (χ1v) is 11.7. The number of hydrogen-bond donors (Lipinski definition) is 1. The van der Waals surface area contributed by atoms with Crippen LogP contribution >= 0.6 is 34.3 Å². The largest absolute Gasteiger partial charge is 0.336 e. The molecule has 1 N–H and O–H groups in total. The van der Waals surface area contributed by atoms with Crippen molar-refractivity contribution in [2.45, 2.75) is 13.5 Å². The summed E-state index contributed by atoms with van der Waals surface area (Å²) in [5, 5.41) is 8.21. The van der Waals surface area contributed by atoms with Crippen molar-refractivity contribution in [3.63, 3.8) is 0 Å². The number of carbonyl (C=O) groups excluding carboxylic acids is 2. The quantitative estimate of drug-likeness (QED) is 0.613. The van der Waals surface area contributed by atoms with Crippen molar-refractivity contribution < 1.29 is 9.59 Å². The monoisotopic (exact) mass is 460 g/mol. The Morgan fingerprint density at radius 1 is 1.17 bits per heavy atom. The Balaban J connectivity index is 1.38. The standard InChI is InChI=1S/C21H21ClN4O2S2/c1-14-23-16(13-30-14)12-25-6-8-26(9-7-25)21(28)15-4-5-17(22)18(11-15)24-20(27)19-3-2-10-29-19/h2-5,10-11,13H,6-9,12H2,1H3,(H,24,27). The molecule has 0 saturated carbocycles. The van der Waals surface area contributed by atoms with E-state index in [9.17, 15) is 9.59 Å². The number of anilines is 1. The summed E-state index contributed by atoms with van der Waals surface area (Å²) >= 11 is 9.25. The number of halogens is 1. The Kier molecular flexibility index (Phi) is 6.48. The number of aryl methyl sites for hydroxylation is 1. The van der Waals surface area contributed by atoms with E-state index in [-0.39, 0.29) is 11.8 Å². The zero-order valence-electron chi connectivity index (χ0n) is 16.4. The fourth-order valence-corrected chi connectivity index (χ4v) is 4.73. The highest BCUT2D eigenvalue weighted by Gasteiger charge is 2.23. The molecule has 0 bridgehead atoms. The summed E-state index contributed by atoms with van der Waals surface area (Å²) in [7, 11) is 0. The summed E-state index contributed by atoms with van der Waals surface area (Å²) in [4.78, 5) is 34.6. The van der Waals surface area contributed by atoms with E-state index in [0.29, 0.717) is 34.2 Å². The molecule has 3 aromatic rings. The van der Waals surface area contributed by atoms with E-state index in [4.69, 9.17) is 11.6 Å². The minimum absolute atomic E-state index is 0.0533. The summed E-state index contributed by atoms with van der Waals surface area (Å²) in [5.74, 6) is -0.287. The number of nitrogens with one attached hydrogen (secondary N) is 1. The van der Waals surface area contributed by atoms with E-state index < -0.39 is 0 Å². The molecule has 156 valence electrons. The number of benzene rings is 1. The van der Waals surface area contributed by atoms with Crippen molar-refractivity contribution >= 4 is 51.8 Å². The molecule has 1 aliphatic rings. The van der Waals surface area contributed by atoms with Crippen molar-refractivity contribution in [1.82, 2.24) is 14.8 Å². The minimum Gasteiger partial charge on any atom is -0.336 e. The first-order valence-electron chi connectivity index (χ1n) is 9.56. The predicted octanol–water partition coefficient (Wildman–Crippen LogP) is 4.38. The average Bonchev–Trinajstić information content (AvgIpc) is 3.42. The number of piperazine rings is 1. The van der Waals surface area contributed by atoms with Crippen LogP contribution in [0.1, 0.15) is 30.7 Å². The highest BCUT2D eigenvalue weighted by molar-refractivity contribution is 7.12. The number of nitrogens with zero attached hydrogens (tertiary/aromatic N) is 3. The van der Waals surface area contributed by atoms with Crippen molar-refractivity contribution in [1.29, 1.82) is 0 Å². The van der Waals surface area contributed by atoms with Gasteiger partial charge in [0.15, 0.2) is 0 Å². The first kappa shape index (κ1) is 21.0. The molecule has 2 amide bonds. The molecule has 1 aromatic carbocycles. The maximum Gasteiger partial charge on any atom is 0.265 e. The van der Waals surface area contributed by atoms with E-state index in [1.807, 2.05) is 23.3 Å². The summed E-state index contributed by atoms with van der Waals surface area (Å²) in [6, 6.07) is 8.57. The van der Waals surface area contributed by atoms with Crippen molar-refractivity contribution in [3.8, 4) is 0 Å². The number of amides is 2. The molecule has 0 aliphatic carbocycles. The lowest BCUT2D eigenvalue weighted by atomic mass is 10.1. The van der Waals surface area contributed by atoms with Gasteiger partial charge in [0.25, 0.3) is 11.8 Å². The minimum atomic E-state index is -0.234. The molecule has 0 spiro atoms. The normalized spacial score (nSPS) is 14.7. The molecule has 1 fully saturated rings. The SMILES string of the molecule is Cc1nc(CN2CCN(C(=O)c3ccc(Cl)c(NC(=O)c4cccs4)c3)CC2)cs1. The number of thiazole rings is 1. The third kappa shape index (κ3) is 4.89. The van der Waals surface area contributed by atoms with Crippen molar-refractivity contribution in [2.75, 3.05) is 31.5 Å². The van der Waals surface area contributed by atoms with Gasteiger partial charge < -0.3 is 10.2 Å². The van der Waals surface area contributed by atoms with Gasteiger partial charge in [-0.1, -0.05) is 17.7 Å². The molecule has 9 heteroatoms. The Hall–Kier alpha value is -2.26. The van der Waals surface area contributed by atoms with Gasteiger partial charge in [0.2, 0.25) is 0 Å². The van der Waals surface area contributed by atoms with Crippen LogP contribution in [0.4, 0.5) is 5.69 Å². The van der Waals surface area contributed by atoms with Gasteiger partial charge in [-0.2, -0.15) is 0 Å². The molecule has 2 aromatic heterocycles. The molecule has 0 radical (unpaired) electrons. The fraction of sp³-hybridized carbons (Fsp3) is 0.286. The lowest BCUT2D eigenvalue weighted by Crippen LogP contribution is -2.48. The molecule has 6 nitrogen and oxygen atoms in total. The summed E-state index contributed by atoms with van der Waals surface area (Å²) in [5.41, 5.74) is 2.05. The second-order valence-electron chi connectivity index (χ2n) is 7.05.